The molecule has 0 bridgehead atoms. The number of halogens is 2. The number of hydrogen-bond donors (Lipinski definition) is 2. The van der Waals surface area contributed by atoms with Gasteiger partial charge in [0.25, 0.3) is 0 Å². The third-order valence-corrected chi connectivity index (χ3v) is 7.03. The average molecular weight is 494 g/mol. The largest absolute Gasteiger partial charge is 0.508 e. The van der Waals surface area contributed by atoms with Gasteiger partial charge in [-0.05, 0) is 53.8 Å². The fourth-order valence-electron chi connectivity index (χ4n) is 5.23. The fraction of sp³-hybridized carbons (Fsp3) is 0.346. The number of benzene rings is 2. The van der Waals surface area contributed by atoms with Gasteiger partial charge in [0.15, 0.2) is 5.82 Å². The number of rotatable bonds is 4. The van der Waals surface area contributed by atoms with E-state index < -0.39 is 11.6 Å². The van der Waals surface area contributed by atoms with E-state index in [0.29, 0.717) is 53.3 Å². The lowest BCUT2D eigenvalue weighted by Gasteiger charge is -2.40. The number of phenolic OH excluding ortho intramolecular Hbond substituents is 1. The molecule has 0 spiro atoms. The summed E-state index contributed by atoms with van der Waals surface area (Å²) in [7, 11) is 1.40. The molecule has 186 valence electrons. The Labute approximate surface area is 205 Å². The monoisotopic (exact) mass is 494 g/mol. The van der Waals surface area contributed by atoms with Gasteiger partial charge in [-0.1, -0.05) is 13.0 Å². The van der Waals surface area contributed by atoms with Crippen molar-refractivity contribution in [3.63, 3.8) is 0 Å². The highest BCUT2D eigenvalue weighted by atomic mass is 19.1. The second-order valence-corrected chi connectivity index (χ2v) is 9.13. The zero-order chi connectivity index (χ0) is 25.1. The molecule has 2 aromatic heterocycles. The van der Waals surface area contributed by atoms with Crippen LogP contribution in [0.15, 0.2) is 24.3 Å². The molecule has 8 nitrogen and oxygen atoms in total. The second-order valence-electron chi connectivity index (χ2n) is 9.13. The minimum Gasteiger partial charge on any atom is -0.508 e. The number of aliphatic hydroxyl groups is 1. The number of hydrogen-bond acceptors (Lipinski definition) is 8. The van der Waals surface area contributed by atoms with Crippen LogP contribution in [0.25, 0.3) is 32.9 Å². The molecule has 1 aliphatic carbocycles. The van der Waals surface area contributed by atoms with Crippen molar-refractivity contribution in [2.24, 2.45) is 0 Å². The van der Waals surface area contributed by atoms with Crippen LogP contribution in [-0.2, 0) is 6.42 Å². The van der Waals surface area contributed by atoms with Crippen LogP contribution < -0.4 is 14.4 Å². The molecule has 3 heterocycles. The Bertz CT molecular complexity index is 1520. The molecule has 0 atom stereocenters. The van der Waals surface area contributed by atoms with Gasteiger partial charge >= 0.3 is 6.01 Å². The third-order valence-electron chi connectivity index (χ3n) is 7.03. The third kappa shape index (κ3) is 3.39. The predicted molar refractivity (Wildman–Crippen MR) is 130 cm³/mol. The molecule has 0 unspecified atom stereocenters. The van der Waals surface area contributed by atoms with Crippen LogP contribution >= 0.6 is 0 Å². The summed E-state index contributed by atoms with van der Waals surface area (Å²) in [5.41, 5.74) is 0.474. The molecule has 10 heteroatoms. The van der Waals surface area contributed by atoms with Crippen LogP contribution in [0.3, 0.4) is 0 Å². The van der Waals surface area contributed by atoms with Crippen LogP contribution in [0.2, 0.25) is 0 Å². The Morgan fingerprint density at radius 1 is 1.14 bits per heavy atom. The summed E-state index contributed by atoms with van der Waals surface area (Å²) in [6.07, 6.45) is 1.11. The Kier molecular flexibility index (Phi) is 5.29. The molecule has 0 saturated heterocycles. The Morgan fingerprint density at radius 2 is 1.94 bits per heavy atom. The molecule has 36 heavy (non-hydrogen) atoms. The molecule has 0 amide bonds. The number of aromatic nitrogens is 3. The summed E-state index contributed by atoms with van der Waals surface area (Å²) in [6, 6.07) is 5.77. The van der Waals surface area contributed by atoms with Gasteiger partial charge < -0.3 is 24.6 Å². The first-order valence-electron chi connectivity index (χ1n) is 11.9. The number of nitrogens with zero attached hydrogens (tertiary/aromatic N) is 4. The minimum atomic E-state index is -0.756. The summed E-state index contributed by atoms with van der Waals surface area (Å²) in [5.74, 6) is -0.701. The Hall–Kier alpha value is -3.79. The molecule has 6 rings (SSSR count). The number of fused-ring (bicyclic) bond motifs is 1. The molecule has 0 radical (unpaired) electrons. The first kappa shape index (κ1) is 22.7. The minimum absolute atomic E-state index is 0.0187. The van der Waals surface area contributed by atoms with E-state index in [1.54, 1.807) is 6.07 Å². The smallest absolute Gasteiger partial charge is 0.318 e. The molecule has 2 N–H and O–H groups in total. The van der Waals surface area contributed by atoms with E-state index in [-0.39, 0.29) is 53.2 Å². The highest BCUT2D eigenvalue weighted by Crippen LogP contribution is 2.44. The van der Waals surface area contributed by atoms with Gasteiger partial charge in [0.2, 0.25) is 5.88 Å². The Morgan fingerprint density at radius 3 is 2.67 bits per heavy atom. The van der Waals surface area contributed by atoms with Crippen molar-refractivity contribution in [2.75, 3.05) is 25.2 Å². The van der Waals surface area contributed by atoms with Gasteiger partial charge in [-0.15, -0.1) is 0 Å². The molecule has 1 aliphatic heterocycles. The van der Waals surface area contributed by atoms with Crippen LogP contribution in [0, 0.1) is 11.6 Å². The van der Waals surface area contributed by atoms with E-state index >= 15 is 4.39 Å². The fourth-order valence-corrected chi connectivity index (χ4v) is 5.23. The molecule has 2 aromatic carbocycles. The topological polar surface area (TPSA) is 101 Å². The molecule has 4 aromatic rings. The summed E-state index contributed by atoms with van der Waals surface area (Å²) in [5, 5.41) is 21.6. The average Bonchev–Trinajstić information content (AvgIpc) is 3.03. The summed E-state index contributed by atoms with van der Waals surface area (Å²) in [4.78, 5) is 15.3. The van der Waals surface area contributed by atoms with Crippen LogP contribution in [-0.4, -0.2) is 57.6 Å². The van der Waals surface area contributed by atoms with E-state index in [4.69, 9.17) is 9.47 Å². The maximum Gasteiger partial charge on any atom is 0.318 e. The van der Waals surface area contributed by atoms with E-state index in [0.717, 1.165) is 0 Å². The van der Waals surface area contributed by atoms with Crippen molar-refractivity contribution >= 4 is 27.5 Å². The molecule has 2 aliphatic rings. The SMILES string of the molecule is CCc1c(F)ccc2cc(O)cc(-c3nc4c5c(nc(OC)nc5c3F)N(C3CC(O)C3)CCO4)c12. The highest BCUT2D eigenvalue weighted by molar-refractivity contribution is 6.03. The summed E-state index contributed by atoms with van der Waals surface area (Å²) >= 11 is 0. The van der Waals surface area contributed by atoms with Gasteiger partial charge in [0.05, 0.1) is 19.8 Å². The Balaban J connectivity index is 1.66. The number of methoxy groups -OCH3 is 1. The van der Waals surface area contributed by atoms with Crippen molar-refractivity contribution in [1.29, 1.82) is 0 Å². The van der Waals surface area contributed by atoms with Gasteiger partial charge in [0.1, 0.15) is 40.6 Å². The number of aliphatic hydroxyl groups excluding tert-OH is 1. The second kappa shape index (κ2) is 8.41. The first-order chi connectivity index (χ1) is 17.4. The number of ether oxygens (including phenoxy) is 2. The van der Waals surface area contributed by atoms with E-state index in [1.165, 1.54) is 25.3 Å². The first-order valence-corrected chi connectivity index (χ1v) is 11.9. The summed E-state index contributed by atoms with van der Waals surface area (Å²) in [6.45, 7) is 2.53. The maximum atomic E-state index is 16.3. The quantitative estimate of drug-likeness (QED) is 0.437. The zero-order valence-corrected chi connectivity index (χ0v) is 19.8. The summed E-state index contributed by atoms with van der Waals surface area (Å²) < 4.78 is 42.3. The number of anilines is 1. The van der Waals surface area contributed by atoms with Crippen molar-refractivity contribution in [3.05, 3.63) is 41.5 Å². The van der Waals surface area contributed by atoms with Gasteiger partial charge in [-0.2, -0.15) is 9.97 Å². The van der Waals surface area contributed by atoms with E-state index in [1.807, 2.05) is 11.8 Å². The molecular weight excluding hydrogens is 470 g/mol. The number of pyridine rings is 1. The van der Waals surface area contributed by atoms with Crippen molar-refractivity contribution < 1.29 is 28.5 Å². The van der Waals surface area contributed by atoms with Crippen LogP contribution in [0.1, 0.15) is 25.3 Å². The van der Waals surface area contributed by atoms with Crippen molar-refractivity contribution in [2.45, 2.75) is 38.3 Å². The highest BCUT2D eigenvalue weighted by Gasteiger charge is 2.37. The lowest BCUT2D eigenvalue weighted by atomic mass is 9.88. The molecule has 1 fully saturated rings. The van der Waals surface area contributed by atoms with Crippen molar-refractivity contribution in [3.8, 4) is 28.9 Å². The van der Waals surface area contributed by atoms with E-state index in [2.05, 4.69) is 15.0 Å². The lowest BCUT2D eigenvalue weighted by molar-refractivity contribution is 0.0723. The number of phenols is 1. The van der Waals surface area contributed by atoms with Crippen LogP contribution in [0.4, 0.5) is 14.6 Å². The normalized spacial score (nSPS) is 19.2. The van der Waals surface area contributed by atoms with Gasteiger partial charge in [-0.3, -0.25) is 0 Å². The zero-order valence-electron chi connectivity index (χ0n) is 19.8. The maximum absolute atomic E-state index is 16.3. The number of aryl methyl sites for hydroxylation is 1. The van der Waals surface area contributed by atoms with Crippen molar-refractivity contribution in [1.82, 2.24) is 15.0 Å². The van der Waals surface area contributed by atoms with Gasteiger partial charge in [0, 0.05) is 11.6 Å². The number of aromatic hydroxyl groups is 1. The van der Waals surface area contributed by atoms with E-state index in [9.17, 15) is 14.6 Å². The van der Waals surface area contributed by atoms with Crippen LogP contribution in [0.5, 0.6) is 17.6 Å². The lowest BCUT2D eigenvalue weighted by Crippen LogP contribution is -2.48. The molecular formula is C26H24F2N4O4. The molecule has 1 saturated carbocycles. The standard InChI is InChI=1S/C26H24F2N4O4/c1-3-16-18(27)5-4-12-8-14(33)11-17(19(12)16)22-21(28)23-20-24(31-26(30-23)35-2)32(13-9-15(34)10-13)6-7-36-25(20)29-22/h4-5,8,11,13,15,33-34H,3,6-7,9-10H2,1-2H3. The van der Waals surface area contributed by atoms with Gasteiger partial charge in [-0.25, -0.2) is 13.8 Å². The predicted octanol–water partition coefficient (Wildman–Crippen LogP) is 4.12.